The van der Waals surface area contributed by atoms with Crippen LogP contribution >= 0.6 is 12.6 Å². The molecule has 0 amide bonds. The predicted octanol–water partition coefficient (Wildman–Crippen LogP) is 4.62. The second-order valence-corrected chi connectivity index (χ2v) is 5.94. The summed E-state index contributed by atoms with van der Waals surface area (Å²) in [5.74, 6) is -0.457. The van der Waals surface area contributed by atoms with Crippen LogP contribution in [0.3, 0.4) is 0 Å². The third kappa shape index (κ3) is 3.67. The number of carbonyl (C=O) groups excluding carboxylic acids is 1. The summed E-state index contributed by atoms with van der Waals surface area (Å²) in [5.41, 5.74) is 4.45. The van der Waals surface area contributed by atoms with Crippen molar-refractivity contribution in [1.29, 1.82) is 0 Å². The predicted molar refractivity (Wildman–Crippen MR) is 89.7 cm³/mol. The number of ether oxygens (including phenoxy) is 1. The van der Waals surface area contributed by atoms with Gasteiger partial charge in [0.25, 0.3) is 0 Å². The topological polar surface area (TPSA) is 26.3 Å². The van der Waals surface area contributed by atoms with Crippen molar-refractivity contribution in [3.63, 3.8) is 0 Å². The van der Waals surface area contributed by atoms with Crippen molar-refractivity contribution in [2.24, 2.45) is 0 Å². The van der Waals surface area contributed by atoms with Crippen molar-refractivity contribution >= 4 is 18.6 Å². The Balaban J connectivity index is 2.27. The minimum atomic E-state index is -0.243. The van der Waals surface area contributed by atoms with Gasteiger partial charge in [0.15, 0.2) is 0 Å². The number of esters is 1. The van der Waals surface area contributed by atoms with Gasteiger partial charge in [0.05, 0.1) is 13.0 Å². The third-order valence-corrected chi connectivity index (χ3v) is 3.97. The molecule has 0 aliphatic rings. The molecule has 2 aromatic rings. The molecule has 2 nitrogen and oxygen atoms in total. The Labute approximate surface area is 131 Å². The zero-order valence-corrected chi connectivity index (χ0v) is 13.4. The summed E-state index contributed by atoms with van der Waals surface area (Å²) in [6.07, 6.45) is 0. The zero-order chi connectivity index (χ0) is 15.4. The summed E-state index contributed by atoms with van der Waals surface area (Å²) in [6, 6.07) is 16.4. The van der Waals surface area contributed by atoms with Gasteiger partial charge >= 0.3 is 5.97 Å². The van der Waals surface area contributed by atoms with E-state index < -0.39 is 0 Å². The molecular formula is C18H20O2S. The Hall–Kier alpha value is -1.74. The van der Waals surface area contributed by atoms with Crippen LogP contribution in [-0.2, 0) is 9.53 Å². The van der Waals surface area contributed by atoms with Crippen LogP contribution in [-0.4, -0.2) is 13.1 Å². The first-order chi connectivity index (χ1) is 10.0. The van der Waals surface area contributed by atoms with Crippen LogP contribution in [0.4, 0.5) is 0 Å². The summed E-state index contributed by atoms with van der Waals surface area (Å²) in [4.78, 5) is 11.6. The van der Waals surface area contributed by atoms with E-state index in [1.807, 2.05) is 37.3 Å². The van der Waals surface area contributed by atoms with Gasteiger partial charge in [0, 0.05) is 5.25 Å². The lowest BCUT2D eigenvalue weighted by atomic mass is 9.96. The molecule has 2 atom stereocenters. The molecule has 0 N–H and O–H groups in total. The van der Waals surface area contributed by atoms with Crippen LogP contribution in [0.5, 0.6) is 0 Å². The van der Waals surface area contributed by atoms with Crippen molar-refractivity contribution in [2.75, 3.05) is 7.11 Å². The van der Waals surface area contributed by atoms with Crippen LogP contribution in [0.1, 0.15) is 36.1 Å². The molecule has 0 fully saturated rings. The molecule has 0 spiro atoms. The first-order valence-corrected chi connectivity index (χ1v) is 7.50. The van der Waals surface area contributed by atoms with Crippen molar-refractivity contribution in [2.45, 2.75) is 25.0 Å². The van der Waals surface area contributed by atoms with Crippen molar-refractivity contribution in [3.8, 4) is 11.1 Å². The molecule has 0 bridgehead atoms. The van der Waals surface area contributed by atoms with Crippen LogP contribution in [0.2, 0.25) is 0 Å². The van der Waals surface area contributed by atoms with E-state index in [-0.39, 0.29) is 17.1 Å². The lowest BCUT2D eigenvalue weighted by Crippen LogP contribution is -2.10. The van der Waals surface area contributed by atoms with Gasteiger partial charge in [-0.05, 0) is 36.1 Å². The van der Waals surface area contributed by atoms with Crippen molar-refractivity contribution < 1.29 is 9.53 Å². The molecular weight excluding hydrogens is 280 g/mol. The molecule has 0 saturated heterocycles. The quantitative estimate of drug-likeness (QED) is 0.658. The standard InChI is InChI=1S/C18H20O2S/c1-12(18(19)20-3)14-7-9-15(10-8-14)17-6-4-5-16(11-17)13(2)21/h4-13,21H,1-3H3. The average Bonchev–Trinajstić information content (AvgIpc) is 2.53. The smallest absolute Gasteiger partial charge is 0.312 e. The Morgan fingerprint density at radius 1 is 1.00 bits per heavy atom. The summed E-state index contributed by atoms with van der Waals surface area (Å²) in [6.45, 7) is 3.91. The lowest BCUT2D eigenvalue weighted by Gasteiger charge is -2.11. The maximum atomic E-state index is 11.6. The number of methoxy groups -OCH3 is 1. The molecule has 21 heavy (non-hydrogen) atoms. The summed E-state index contributed by atoms with van der Waals surface area (Å²) < 4.78 is 4.78. The van der Waals surface area contributed by atoms with Gasteiger partial charge in [-0.1, -0.05) is 48.5 Å². The molecule has 2 unspecified atom stereocenters. The van der Waals surface area contributed by atoms with Gasteiger partial charge in [-0.2, -0.15) is 12.6 Å². The molecule has 0 radical (unpaired) electrons. The van der Waals surface area contributed by atoms with E-state index in [0.717, 1.165) is 16.7 Å². The highest BCUT2D eigenvalue weighted by molar-refractivity contribution is 7.80. The van der Waals surface area contributed by atoms with E-state index in [4.69, 9.17) is 4.74 Å². The Kier molecular flexibility index (Phi) is 5.07. The maximum Gasteiger partial charge on any atom is 0.312 e. The van der Waals surface area contributed by atoms with Gasteiger partial charge in [-0.25, -0.2) is 0 Å². The fraction of sp³-hybridized carbons (Fsp3) is 0.278. The number of rotatable bonds is 4. The second kappa shape index (κ2) is 6.81. The normalized spacial score (nSPS) is 13.5. The van der Waals surface area contributed by atoms with E-state index in [2.05, 4.69) is 37.8 Å². The lowest BCUT2D eigenvalue weighted by molar-refractivity contribution is -0.141. The van der Waals surface area contributed by atoms with Gasteiger partial charge in [-0.15, -0.1) is 0 Å². The van der Waals surface area contributed by atoms with Crippen LogP contribution in [0.25, 0.3) is 11.1 Å². The highest BCUT2D eigenvalue weighted by atomic mass is 32.1. The SMILES string of the molecule is COC(=O)C(C)c1ccc(-c2cccc(C(C)S)c2)cc1. The average molecular weight is 300 g/mol. The monoisotopic (exact) mass is 300 g/mol. The Morgan fingerprint density at radius 3 is 2.24 bits per heavy atom. The summed E-state index contributed by atoms with van der Waals surface area (Å²) >= 11 is 4.47. The van der Waals surface area contributed by atoms with Gasteiger partial charge < -0.3 is 4.74 Å². The van der Waals surface area contributed by atoms with Crippen molar-refractivity contribution in [3.05, 3.63) is 59.7 Å². The molecule has 0 aliphatic carbocycles. The van der Waals surface area contributed by atoms with Gasteiger partial charge in [-0.3, -0.25) is 4.79 Å². The summed E-state index contributed by atoms with van der Waals surface area (Å²) in [7, 11) is 1.41. The van der Waals surface area contributed by atoms with E-state index in [0.29, 0.717) is 0 Å². The molecule has 3 heteroatoms. The largest absolute Gasteiger partial charge is 0.469 e. The Bertz CT molecular complexity index is 617. The number of carbonyl (C=O) groups is 1. The van der Waals surface area contributed by atoms with Crippen molar-refractivity contribution in [1.82, 2.24) is 0 Å². The molecule has 2 rings (SSSR count). The van der Waals surface area contributed by atoms with Gasteiger partial charge in [0.2, 0.25) is 0 Å². The first kappa shape index (κ1) is 15.6. The highest BCUT2D eigenvalue weighted by Gasteiger charge is 2.15. The van der Waals surface area contributed by atoms with Gasteiger partial charge in [0.1, 0.15) is 0 Å². The van der Waals surface area contributed by atoms with E-state index >= 15 is 0 Å². The van der Waals surface area contributed by atoms with Crippen LogP contribution in [0, 0.1) is 0 Å². The number of benzene rings is 2. The molecule has 0 aromatic heterocycles. The summed E-state index contributed by atoms with van der Waals surface area (Å²) in [5, 5.41) is 0.212. The fourth-order valence-corrected chi connectivity index (χ4v) is 2.42. The highest BCUT2D eigenvalue weighted by Crippen LogP contribution is 2.27. The molecule has 2 aromatic carbocycles. The zero-order valence-electron chi connectivity index (χ0n) is 12.5. The molecule has 0 saturated carbocycles. The fourth-order valence-electron chi connectivity index (χ4n) is 2.26. The van der Waals surface area contributed by atoms with Crippen LogP contribution < -0.4 is 0 Å². The number of thiol groups is 1. The molecule has 110 valence electrons. The Morgan fingerprint density at radius 2 is 1.67 bits per heavy atom. The number of hydrogen-bond donors (Lipinski definition) is 1. The van der Waals surface area contributed by atoms with E-state index in [9.17, 15) is 4.79 Å². The minimum absolute atomic E-state index is 0.212. The van der Waals surface area contributed by atoms with Crippen LogP contribution in [0.15, 0.2) is 48.5 Å². The molecule has 0 heterocycles. The second-order valence-electron chi connectivity index (χ2n) is 5.17. The first-order valence-electron chi connectivity index (χ1n) is 6.99. The minimum Gasteiger partial charge on any atom is -0.469 e. The maximum absolute atomic E-state index is 11.6. The number of hydrogen-bond acceptors (Lipinski definition) is 3. The third-order valence-electron chi connectivity index (χ3n) is 3.67. The van der Waals surface area contributed by atoms with E-state index in [1.54, 1.807) is 0 Å². The molecule has 0 aliphatic heterocycles. The van der Waals surface area contributed by atoms with E-state index in [1.165, 1.54) is 12.7 Å².